The third-order valence-corrected chi connectivity index (χ3v) is 1.43. The Bertz CT molecular complexity index is 173. The molecule has 0 aliphatic rings. The Balaban J connectivity index is 2.38. The normalized spacial score (nSPS) is 8.89. The Hall–Kier alpha value is -0.900. The SMILES string of the molecule is O=[C]NCc1ccsn1. The molecule has 0 atom stereocenters. The summed E-state index contributed by atoms with van der Waals surface area (Å²) in [6, 6.07) is 1.86. The molecule has 3 nitrogen and oxygen atoms in total. The van der Waals surface area contributed by atoms with Crippen molar-refractivity contribution in [2.45, 2.75) is 6.54 Å². The first-order valence-electron chi connectivity index (χ1n) is 2.43. The summed E-state index contributed by atoms with van der Waals surface area (Å²) in [5, 5.41) is 4.25. The highest BCUT2D eigenvalue weighted by atomic mass is 32.1. The lowest BCUT2D eigenvalue weighted by atomic mass is 10.4. The fraction of sp³-hybridized carbons (Fsp3) is 0.200. The summed E-state index contributed by atoms with van der Waals surface area (Å²) in [5.74, 6) is 0. The van der Waals surface area contributed by atoms with Gasteiger partial charge in [-0.3, -0.25) is 4.79 Å². The van der Waals surface area contributed by atoms with Crippen molar-refractivity contribution in [3.63, 3.8) is 0 Å². The van der Waals surface area contributed by atoms with Gasteiger partial charge in [0.1, 0.15) is 0 Å². The van der Waals surface area contributed by atoms with Crippen molar-refractivity contribution in [1.29, 1.82) is 0 Å². The summed E-state index contributed by atoms with van der Waals surface area (Å²) in [4.78, 5) is 9.64. The number of rotatable bonds is 3. The average Bonchev–Trinajstić information content (AvgIpc) is 2.34. The number of aromatic nitrogens is 1. The molecule has 0 bridgehead atoms. The Labute approximate surface area is 56.9 Å². The zero-order valence-electron chi connectivity index (χ0n) is 4.63. The molecule has 0 unspecified atom stereocenters. The molecule has 1 aromatic heterocycles. The second kappa shape index (κ2) is 3.19. The standard InChI is InChI=1S/C5H5N2OS/c8-4-6-3-5-1-2-9-7-5/h1-2H,3H2,(H,6,8). The van der Waals surface area contributed by atoms with Crippen LogP contribution in [0.5, 0.6) is 0 Å². The van der Waals surface area contributed by atoms with Crippen molar-refractivity contribution in [3.05, 3.63) is 17.1 Å². The summed E-state index contributed by atoms with van der Waals surface area (Å²) < 4.78 is 3.95. The minimum atomic E-state index is 0.479. The molecule has 0 saturated heterocycles. The molecule has 1 aromatic rings. The average molecular weight is 141 g/mol. The van der Waals surface area contributed by atoms with Crippen molar-refractivity contribution >= 4 is 17.9 Å². The second-order valence-corrected chi connectivity index (χ2v) is 2.11. The van der Waals surface area contributed by atoms with Crippen LogP contribution in [0.15, 0.2) is 11.4 Å². The molecule has 1 radical (unpaired) electrons. The van der Waals surface area contributed by atoms with E-state index < -0.39 is 0 Å². The maximum atomic E-state index is 9.64. The van der Waals surface area contributed by atoms with Gasteiger partial charge in [-0.2, -0.15) is 4.37 Å². The molecule has 0 aliphatic carbocycles. The van der Waals surface area contributed by atoms with E-state index in [2.05, 4.69) is 9.69 Å². The van der Waals surface area contributed by atoms with E-state index in [1.54, 1.807) is 6.41 Å². The molecule has 1 amide bonds. The lowest BCUT2D eigenvalue weighted by Gasteiger charge is -1.88. The van der Waals surface area contributed by atoms with Crippen LogP contribution in [0.1, 0.15) is 5.69 Å². The van der Waals surface area contributed by atoms with Crippen molar-refractivity contribution in [1.82, 2.24) is 9.69 Å². The molecule has 4 heteroatoms. The number of amides is 1. The topological polar surface area (TPSA) is 42.0 Å². The van der Waals surface area contributed by atoms with Gasteiger partial charge in [-0.1, -0.05) is 0 Å². The van der Waals surface area contributed by atoms with Crippen LogP contribution in [-0.4, -0.2) is 10.8 Å². The van der Waals surface area contributed by atoms with E-state index in [-0.39, 0.29) is 0 Å². The van der Waals surface area contributed by atoms with Gasteiger partial charge in [0, 0.05) is 5.38 Å². The summed E-state index contributed by atoms with van der Waals surface area (Å²) in [6.07, 6.45) is 1.57. The lowest BCUT2D eigenvalue weighted by Crippen LogP contribution is -2.09. The van der Waals surface area contributed by atoms with Crippen LogP contribution in [0.2, 0.25) is 0 Å². The van der Waals surface area contributed by atoms with Crippen molar-refractivity contribution in [2.24, 2.45) is 0 Å². The molecular weight excluding hydrogens is 136 g/mol. The minimum Gasteiger partial charge on any atom is -0.342 e. The fourth-order valence-electron chi connectivity index (χ4n) is 0.455. The molecule has 0 spiro atoms. The second-order valence-electron chi connectivity index (χ2n) is 1.45. The van der Waals surface area contributed by atoms with Gasteiger partial charge in [0.05, 0.1) is 12.2 Å². The molecule has 0 saturated carbocycles. The Morgan fingerprint density at radius 3 is 3.33 bits per heavy atom. The van der Waals surface area contributed by atoms with Gasteiger partial charge >= 0.3 is 6.41 Å². The highest BCUT2D eigenvalue weighted by Gasteiger charge is 1.90. The molecule has 1 N–H and O–H groups in total. The summed E-state index contributed by atoms with van der Waals surface area (Å²) in [6.45, 7) is 0.479. The smallest absolute Gasteiger partial charge is 0.309 e. The zero-order valence-corrected chi connectivity index (χ0v) is 5.44. The van der Waals surface area contributed by atoms with Gasteiger partial charge in [-0.05, 0) is 17.6 Å². The molecule has 0 fully saturated rings. The number of hydrogen-bond acceptors (Lipinski definition) is 3. The molecule has 1 heterocycles. The van der Waals surface area contributed by atoms with Gasteiger partial charge in [0.2, 0.25) is 0 Å². The number of carbonyl (C=O) groups excluding carboxylic acids is 1. The van der Waals surface area contributed by atoms with Gasteiger partial charge in [-0.15, -0.1) is 0 Å². The van der Waals surface area contributed by atoms with Crippen LogP contribution in [0.3, 0.4) is 0 Å². The van der Waals surface area contributed by atoms with Gasteiger partial charge < -0.3 is 5.32 Å². The Kier molecular flexibility index (Phi) is 2.21. The molecule has 9 heavy (non-hydrogen) atoms. The predicted molar refractivity (Wildman–Crippen MR) is 34.6 cm³/mol. The summed E-state index contributed by atoms with van der Waals surface area (Å²) in [7, 11) is 0. The molecule has 47 valence electrons. The van der Waals surface area contributed by atoms with Crippen LogP contribution in [0, 0.1) is 0 Å². The largest absolute Gasteiger partial charge is 0.342 e. The third kappa shape index (κ3) is 1.81. The van der Waals surface area contributed by atoms with E-state index in [1.165, 1.54) is 11.5 Å². The zero-order chi connectivity index (χ0) is 6.53. The third-order valence-electron chi connectivity index (χ3n) is 0.833. The maximum absolute atomic E-state index is 9.64. The predicted octanol–water partition coefficient (Wildman–Crippen LogP) is 0.300. The first-order valence-corrected chi connectivity index (χ1v) is 3.26. The van der Waals surface area contributed by atoms with Crippen LogP contribution in [-0.2, 0) is 11.3 Å². The van der Waals surface area contributed by atoms with E-state index in [9.17, 15) is 4.79 Å². The van der Waals surface area contributed by atoms with Gasteiger partial charge in [0.25, 0.3) is 0 Å². The molecule has 1 rings (SSSR count). The minimum absolute atomic E-state index is 0.479. The van der Waals surface area contributed by atoms with E-state index in [0.29, 0.717) is 6.54 Å². The monoisotopic (exact) mass is 141 g/mol. The molecule has 0 aliphatic heterocycles. The Morgan fingerprint density at radius 2 is 2.78 bits per heavy atom. The quantitative estimate of drug-likeness (QED) is 0.615. The van der Waals surface area contributed by atoms with Crippen LogP contribution >= 0.6 is 11.5 Å². The fourth-order valence-corrected chi connectivity index (χ4v) is 0.995. The highest BCUT2D eigenvalue weighted by molar-refractivity contribution is 7.03. The maximum Gasteiger partial charge on any atom is 0.309 e. The highest BCUT2D eigenvalue weighted by Crippen LogP contribution is 1.97. The Morgan fingerprint density at radius 1 is 1.89 bits per heavy atom. The van der Waals surface area contributed by atoms with Gasteiger partial charge in [-0.25, -0.2) is 0 Å². The van der Waals surface area contributed by atoms with Crippen molar-refractivity contribution in [2.75, 3.05) is 0 Å². The molecule has 0 aromatic carbocycles. The number of nitrogens with zero attached hydrogens (tertiary/aromatic N) is 1. The number of nitrogens with one attached hydrogen (secondary N) is 1. The lowest BCUT2D eigenvalue weighted by molar-refractivity contribution is 0.541. The first-order chi connectivity index (χ1) is 4.43. The van der Waals surface area contributed by atoms with Crippen LogP contribution in [0.25, 0.3) is 0 Å². The number of hydrogen-bond donors (Lipinski definition) is 1. The van der Waals surface area contributed by atoms with Crippen LogP contribution in [0.4, 0.5) is 0 Å². The van der Waals surface area contributed by atoms with E-state index in [0.717, 1.165) is 5.69 Å². The molecular formula is C5H5N2OS. The van der Waals surface area contributed by atoms with Crippen molar-refractivity contribution < 1.29 is 4.79 Å². The van der Waals surface area contributed by atoms with E-state index in [1.807, 2.05) is 11.4 Å². The van der Waals surface area contributed by atoms with Crippen molar-refractivity contribution in [3.8, 4) is 0 Å². The van der Waals surface area contributed by atoms with E-state index >= 15 is 0 Å². The first kappa shape index (κ1) is 6.22. The van der Waals surface area contributed by atoms with Gasteiger partial charge in [0.15, 0.2) is 0 Å². The van der Waals surface area contributed by atoms with E-state index in [4.69, 9.17) is 0 Å². The summed E-state index contributed by atoms with van der Waals surface area (Å²) in [5.41, 5.74) is 0.878. The summed E-state index contributed by atoms with van der Waals surface area (Å²) >= 11 is 1.37. The van der Waals surface area contributed by atoms with Crippen LogP contribution < -0.4 is 5.32 Å².